The first kappa shape index (κ1) is 18.1. The van der Waals surface area contributed by atoms with Crippen LogP contribution in [0, 0.1) is 5.92 Å². The zero-order chi connectivity index (χ0) is 17.2. The molecular weight excluding hydrogens is 335 g/mol. The van der Waals surface area contributed by atoms with Crippen molar-refractivity contribution in [1.82, 2.24) is 10.2 Å². The molecule has 23 heavy (non-hydrogen) atoms. The summed E-state index contributed by atoms with van der Waals surface area (Å²) in [4.78, 5) is 26.0. The molecule has 1 aromatic carbocycles. The molecule has 0 aliphatic carbocycles. The van der Waals surface area contributed by atoms with Gasteiger partial charge < -0.3 is 10.2 Å². The average Bonchev–Trinajstić information content (AvgIpc) is 2.83. The second-order valence-corrected chi connectivity index (χ2v) is 7.70. The van der Waals surface area contributed by atoms with Crippen molar-refractivity contribution in [3.05, 3.63) is 33.8 Å². The fourth-order valence-corrected chi connectivity index (χ4v) is 3.22. The minimum Gasteiger partial charge on any atom is -0.355 e. The predicted octanol–water partition coefficient (Wildman–Crippen LogP) is 3.30. The van der Waals surface area contributed by atoms with Crippen molar-refractivity contribution >= 4 is 35.0 Å². The largest absolute Gasteiger partial charge is 0.355 e. The molecule has 1 aromatic rings. The second-order valence-electron chi connectivity index (χ2n) is 6.85. The Hall–Kier alpha value is -1.26. The van der Waals surface area contributed by atoms with Gasteiger partial charge in [0.2, 0.25) is 11.8 Å². The molecular formula is C17H22Cl2N2O2. The highest BCUT2D eigenvalue weighted by molar-refractivity contribution is 6.35. The third-order valence-electron chi connectivity index (χ3n) is 4.01. The predicted molar refractivity (Wildman–Crippen MR) is 92.7 cm³/mol. The third-order valence-corrected chi connectivity index (χ3v) is 4.60. The Labute approximate surface area is 147 Å². The summed E-state index contributed by atoms with van der Waals surface area (Å²) in [7, 11) is 0. The van der Waals surface area contributed by atoms with Crippen LogP contribution in [-0.4, -0.2) is 35.3 Å². The van der Waals surface area contributed by atoms with E-state index in [0.29, 0.717) is 29.6 Å². The fraction of sp³-hybridized carbons (Fsp3) is 0.529. The first-order chi connectivity index (χ1) is 10.7. The van der Waals surface area contributed by atoms with Gasteiger partial charge in [-0.1, -0.05) is 29.3 Å². The molecule has 1 aliphatic rings. The Morgan fingerprint density at radius 1 is 1.35 bits per heavy atom. The smallest absolute Gasteiger partial charge is 0.225 e. The highest BCUT2D eigenvalue weighted by Gasteiger charge is 2.39. The van der Waals surface area contributed by atoms with Crippen molar-refractivity contribution in [1.29, 1.82) is 0 Å². The maximum atomic E-state index is 12.2. The van der Waals surface area contributed by atoms with Crippen LogP contribution in [-0.2, 0) is 16.0 Å². The minimum atomic E-state index is -0.276. The number of hydrogen-bond donors (Lipinski definition) is 1. The maximum Gasteiger partial charge on any atom is 0.225 e. The maximum absolute atomic E-state index is 12.2. The SMILES string of the molecule is CC(C)(C)N1CC(C(=O)NCCc2ccc(Cl)cc2Cl)CC1=O. The molecule has 1 N–H and O–H groups in total. The van der Waals surface area contributed by atoms with Gasteiger partial charge in [0.05, 0.1) is 5.92 Å². The Morgan fingerprint density at radius 3 is 2.61 bits per heavy atom. The molecule has 2 rings (SSSR count). The van der Waals surface area contributed by atoms with Gasteiger partial charge in [-0.05, 0) is 44.9 Å². The van der Waals surface area contributed by atoms with Crippen LogP contribution in [0.5, 0.6) is 0 Å². The summed E-state index contributed by atoms with van der Waals surface area (Å²) in [6.45, 7) is 6.91. The molecule has 1 aliphatic heterocycles. The van der Waals surface area contributed by atoms with E-state index in [2.05, 4.69) is 5.32 Å². The van der Waals surface area contributed by atoms with E-state index in [1.165, 1.54) is 0 Å². The number of rotatable bonds is 4. The van der Waals surface area contributed by atoms with Crippen molar-refractivity contribution in [3.8, 4) is 0 Å². The molecule has 2 amide bonds. The van der Waals surface area contributed by atoms with E-state index >= 15 is 0 Å². The summed E-state index contributed by atoms with van der Waals surface area (Å²) < 4.78 is 0. The summed E-state index contributed by atoms with van der Waals surface area (Å²) in [5.74, 6) is -0.309. The van der Waals surface area contributed by atoms with Gasteiger partial charge in [-0.25, -0.2) is 0 Å². The van der Waals surface area contributed by atoms with Crippen LogP contribution in [0.2, 0.25) is 10.0 Å². The number of carbonyl (C=O) groups is 2. The van der Waals surface area contributed by atoms with Crippen LogP contribution in [0.4, 0.5) is 0 Å². The normalized spacial score (nSPS) is 18.4. The van der Waals surface area contributed by atoms with Crippen molar-refractivity contribution in [2.45, 2.75) is 39.2 Å². The van der Waals surface area contributed by atoms with Crippen LogP contribution < -0.4 is 5.32 Å². The molecule has 0 saturated carbocycles. The Kier molecular flexibility index (Phi) is 5.58. The Balaban J connectivity index is 1.85. The van der Waals surface area contributed by atoms with Crippen LogP contribution in [0.15, 0.2) is 18.2 Å². The summed E-state index contributed by atoms with van der Waals surface area (Å²) >= 11 is 12.0. The Morgan fingerprint density at radius 2 is 2.04 bits per heavy atom. The van der Waals surface area contributed by atoms with Crippen LogP contribution in [0.25, 0.3) is 0 Å². The lowest BCUT2D eigenvalue weighted by molar-refractivity contribution is -0.132. The monoisotopic (exact) mass is 356 g/mol. The molecule has 0 aromatic heterocycles. The van der Waals surface area contributed by atoms with E-state index in [1.54, 1.807) is 17.0 Å². The van der Waals surface area contributed by atoms with Gasteiger partial charge in [-0.3, -0.25) is 9.59 Å². The summed E-state index contributed by atoms with van der Waals surface area (Å²) in [6, 6.07) is 5.33. The van der Waals surface area contributed by atoms with Crippen LogP contribution in [0.3, 0.4) is 0 Å². The lowest BCUT2D eigenvalue weighted by Crippen LogP contribution is -2.43. The molecule has 0 radical (unpaired) electrons. The number of nitrogens with zero attached hydrogens (tertiary/aromatic N) is 1. The lowest BCUT2D eigenvalue weighted by Gasteiger charge is -2.31. The molecule has 126 valence electrons. The van der Waals surface area contributed by atoms with Gasteiger partial charge in [0.1, 0.15) is 0 Å². The standard InChI is InChI=1S/C17H22Cl2N2O2/c1-17(2,3)21-10-12(8-15(21)22)16(23)20-7-6-11-4-5-13(18)9-14(11)19/h4-5,9,12H,6-8,10H2,1-3H3,(H,20,23). The molecule has 1 fully saturated rings. The van der Waals surface area contributed by atoms with Gasteiger partial charge in [0, 0.05) is 35.1 Å². The van der Waals surface area contributed by atoms with Crippen molar-refractivity contribution < 1.29 is 9.59 Å². The van der Waals surface area contributed by atoms with E-state index in [9.17, 15) is 9.59 Å². The molecule has 0 spiro atoms. The van der Waals surface area contributed by atoms with Crippen molar-refractivity contribution in [3.63, 3.8) is 0 Å². The van der Waals surface area contributed by atoms with E-state index in [-0.39, 0.29) is 29.7 Å². The second kappa shape index (κ2) is 7.10. The molecule has 1 atom stereocenters. The van der Waals surface area contributed by atoms with Crippen LogP contribution >= 0.6 is 23.2 Å². The molecule has 0 bridgehead atoms. The van der Waals surface area contributed by atoms with E-state index < -0.39 is 0 Å². The van der Waals surface area contributed by atoms with E-state index in [4.69, 9.17) is 23.2 Å². The molecule has 1 saturated heterocycles. The highest BCUT2D eigenvalue weighted by atomic mass is 35.5. The number of nitrogens with one attached hydrogen (secondary N) is 1. The number of hydrogen-bond acceptors (Lipinski definition) is 2. The highest BCUT2D eigenvalue weighted by Crippen LogP contribution is 2.26. The molecule has 6 heteroatoms. The van der Waals surface area contributed by atoms with Gasteiger partial charge in [0.15, 0.2) is 0 Å². The van der Waals surface area contributed by atoms with Gasteiger partial charge in [0.25, 0.3) is 0 Å². The lowest BCUT2D eigenvalue weighted by atomic mass is 10.1. The minimum absolute atomic E-state index is 0.0402. The summed E-state index contributed by atoms with van der Waals surface area (Å²) in [5, 5.41) is 4.09. The van der Waals surface area contributed by atoms with Crippen LogP contribution in [0.1, 0.15) is 32.8 Å². The zero-order valence-corrected chi connectivity index (χ0v) is 15.2. The molecule has 1 unspecified atom stereocenters. The quantitative estimate of drug-likeness (QED) is 0.899. The topological polar surface area (TPSA) is 49.4 Å². The van der Waals surface area contributed by atoms with E-state index in [0.717, 1.165) is 5.56 Å². The number of amides is 2. The summed E-state index contributed by atoms with van der Waals surface area (Å²) in [5.41, 5.74) is 0.693. The number of benzene rings is 1. The number of likely N-dealkylation sites (tertiary alicyclic amines) is 1. The van der Waals surface area contributed by atoms with E-state index in [1.807, 2.05) is 26.8 Å². The van der Waals surface area contributed by atoms with Gasteiger partial charge >= 0.3 is 0 Å². The fourth-order valence-electron chi connectivity index (χ4n) is 2.72. The zero-order valence-electron chi connectivity index (χ0n) is 13.7. The first-order valence-electron chi connectivity index (χ1n) is 7.70. The van der Waals surface area contributed by atoms with Gasteiger partial charge in [-0.2, -0.15) is 0 Å². The third kappa shape index (κ3) is 4.61. The number of carbonyl (C=O) groups excluding carboxylic acids is 2. The summed E-state index contributed by atoms with van der Waals surface area (Å²) in [6.07, 6.45) is 0.913. The molecule has 1 heterocycles. The molecule has 4 nitrogen and oxygen atoms in total. The van der Waals surface area contributed by atoms with Crippen molar-refractivity contribution in [2.75, 3.05) is 13.1 Å². The van der Waals surface area contributed by atoms with Crippen molar-refractivity contribution in [2.24, 2.45) is 5.92 Å². The Bertz CT molecular complexity index is 611. The van der Waals surface area contributed by atoms with Gasteiger partial charge in [-0.15, -0.1) is 0 Å². The number of halogens is 2. The average molecular weight is 357 g/mol. The first-order valence-corrected chi connectivity index (χ1v) is 8.46.